The van der Waals surface area contributed by atoms with E-state index >= 15 is 0 Å². The van der Waals surface area contributed by atoms with Crippen LogP contribution in [0.1, 0.15) is 39.5 Å². The van der Waals surface area contributed by atoms with Crippen LogP contribution in [-0.2, 0) is 0 Å². The molecule has 2 heterocycles. The third-order valence-electron chi connectivity index (χ3n) is 6.97. The Labute approximate surface area is 210 Å². The Bertz CT molecular complexity index is 1550. The van der Waals surface area contributed by atoms with E-state index in [1.807, 2.05) is 18.2 Å². The molecule has 4 aromatic carbocycles. The van der Waals surface area contributed by atoms with Gasteiger partial charge in [0.15, 0.2) is 5.58 Å². The van der Waals surface area contributed by atoms with Crippen LogP contribution < -0.4 is 9.64 Å². The van der Waals surface area contributed by atoms with E-state index in [0.29, 0.717) is 11.5 Å². The van der Waals surface area contributed by atoms with E-state index in [4.69, 9.17) is 14.1 Å². The number of oxazole rings is 1. The summed E-state index contributed by atoms with van der Waals surface area (Å²) in [6.07, 6.45) is 4.69. The SMILES string of the molecule is CCCCN(CCCC)c1ccc2c(c1)Oc1cccc3c1c-2cc1nc(-c2ccc(F)cc2)oc13. The van der Waals surface area contributed by atoms with Crippen molar-refractivity contribution in [2.24, 2.45) is 0 Å². The first-order chi connectivity index (χ1) is 17.7. The molecule has 1 aliphatic heterocycles. The molecule has 0 unspecified atom stereocenters. The molecule has 0 amide bonds. The molecule has 182 valence electrons. The summed E-state index contributed by atoms with van der Waals surface area (Å²) in [4.78, 5) is 7.25. The number of ether oxygens (including phenoxy) is 1. The molecule has 5 heteroatoms. The lowest BCUT2D eigenvalue weighted by molar-refractivity contribution is 0.486. The highest BCUT2D eigenvalue weighted by atomic mass is 19.1. The van der Waals surface area contributed by atoms with Gasteiger partial charge in [0.05, 0.1) is 0 Å². The van der Waals surface area contributed by atoms with Gasteiger partial charge in [0.25, 0.3) is 0 Å². The molecule has 0 saturated carbocycles. The summed E-state index contributed by atoms with van der Waals surface area (Å²) < 4.78 is 26.1. The maximum Gasteiger partial charge on any atom is 0.227 e. The molecule has 6 rings (SSSR count). The predicted octanol–water partition coefficient (Wildman–Crippen LogP) is 8.97. The minimum absolute atomic E-state index is 0.283. The first-order valence-corrected chi connectivity index (χ1v) is 12.9. The Morgan fingerprint density at radius 2 is 1.61 bits per heavy atom. The minimum Gasteiger partial charge on any atom is -0.456 e. The second kappa shape index (κ2) is 9.30. The second-order valence-corrected chi connectivity index (χ2v) is 9.45. The number of halogens is 1. The highest BCUT2D eigenvalue weighted by molar-refractivity contribution is 6.15. The summed E-state index contributed by atoms with van der Waals surface area (Å²) >= 11 is 0. The van der Waals surface area contributed by atoms with Crippen LogP contribution in [0, 0.1) is 5.82 Å². The average molecular weight is 481 g/mol. The van der Waals surface area contributed by atoms with Crippen LogP contribution in [0.5, 0.6) is 11.5 Å². The fourth-order valence-electron chi connectivity index (χ4n) is 5.04. The molecule has 0 fully saturated rings. The number of aromatic nitrogens is 1. The lowest BCUT2D eigenvalue weighted by atomic mass is 9.93. The van der Waals surface area contributed by atoms with Crippen molar-refractivity contribution in [2.45, 2.75) is 39.5 Å². The molecule has 0 aliphatic carbocycles. The van der Waals surface area contributed by atoms with Gasteiger partial charge in [-0.3, -0.25) is 0 Å². The summed E-state index contributed by atoms with van der Waals surface area (Å²) in [5.41, 5.74) is 5.58. The summed E-state index contributed by atoms with van der Waals surface area (Å²) in [6.45, 7) is 6.57. The molecule has 0 saturated heterocycles. The summed E-state index contributed by atoms with van der Waals surface area (Å²) in [5, 5.41) is 1.99. The Kier molecular flexibility index (Phi) is 5.84. The van der Waals surface area contributed by atoms with Gasteiger partial charge >= 0.3 is 0 Å². The van der Waals surface area contributed by atoms with Gasteiger partial charge in [0.1, 0.15) is 22.8 Å². The summed E-state index contributed by atoms with van der Waals surface area (Å²) in [7, 11) is 0. The van der Waals surface area contributed by atoms with Gasteiger partial charge in [-0.15, -0.1) is 0 Å². The van der Waals surface area contributed by atoms with E-state index in [1.165, 1.54) is 43.5 Å². The highest BCUT2D eigenvalue weighted by Gasteiger charge is 2.24. The maximum atomic E-state index is 13.4. The molecule has 0 radical (unpaired) electrons. The van der Waals surface area contributed by atoms with E-state index in [2.05, 4.69) is 43.0 Å². The smallest absolute Gasteiger partial charge is 0.227 e. The van der Waals surface area contributed by atoms with Crippen molar-refractivity contribution in [2.75, 3.05) is 18.0 Å². The van der Waals surface area contributed by atoms with Gasteiger partial charge < -0.3 is 14.1 Å². The van der Waals surface area contributed by atoms with Gasteiger partial charge in [0, 0.05) is 46.7 Å². The van der Waals surface area contributed by atoms with Crippen LogP contribution in [0.4, 0.5) is 10.1 Å². The number of hydrogen-bond donors (Lipinski definition) is 0. The highest BCUT2D eigenvalue weighted by Crippen LogP contribution is 2.49. The third-order valence-corrected chi connectivity index (χ3v) is 6.97. The monoisotopic (exact) mass is 480 g/mol. The third kappa shape index (κ3) is 3.89. The lowest BCUT2D eigenvalue weighted by Crippen LogP contribution is -2.25. The first kappa shape index (κ1) is 22.6. The van der Waals surface area contributed by atoms with Crippen molar-refractivity contribution in [1.29, 1.82) is 0 Å². The molecular formula is C31H29FN2O2. The van der Waals surface area contributed by atoms with E-state index in [1.54, 1.807) is 12.1 Å². The average Bonchev–Trinajstić information content (AvgIpc) is 3.33. The number of hydrogen-bond acceptors (Lipinski definition) is 4. The number of anilines is 1. The molecular weight excluding hydrogens is 451 g/mol. The molecule has 0 spiro atoms. The normalized spacial score (nSPS) is 12.1. The molecule has 36 heavy (non-hydrogen) atoms. The van der Waals surface area contributed by atoms with Crippen molar-refractivity contribution < 1.29 is 13.5 Å². The topological polar surface area (TPSA) is 38.5 Å². The van der Waals surface area contributed by atoms with Gasteiger partial charge in [0.2, 0.25) is 5.89 Å². The Morgan fingerprint density at radius 1 is 0.833 bits per heavy atom. The van der Waals surface area contributed by atoms with E-state index < -0.39 is 0 Å². The molecule has 1 aromatic heterocycles. The van der Waals surface area contributed by atoms with Crippen molar-refractivity contribution >= 4 is 27.6 Å². The molecule has 5 aromatic rings. The van der Waals surface area contributed by atoms with Crippen LogP contribution in [0.2, 0.25) is 0 Å². The fourth-order valence-corrected chi connectivity index (χ4v) is 5.04. The zero-order valence-corrected chi connectivity index (χ0v) is 20.7. The number of unbranched alkanes of at least 4 members (excludes halogenated alkanes) is 2. The maximum absolute atomic E-state index is 13.4. The van der Waals surface area contributed by atoms with E-state index in [0.717, 1.165) is 57.6 Å². The zero-order valence-electron chi connectivity index (χ0n) is 20.7. The van der Waals surface area contributed by atoms with Gasteiger partial charge in [-0.25, -0.2) is 9.37 Å². The number of benzene rings is 4. The van der Waals surface area contributed by atoms with E-state index in [-0.39, 0.29) is 5.82 Å². The summed E-state index contributed by atoms with van der Waals surface area (Å²) in [5.74, 6) is 1.89. The Hall–Kier alpha value is -3.86. The van der Waals surface area contributed by atoms with Crippen LogP contribution >= 0.6 is 0 Å². The van der Waals surface area contributed by atoms with Crippen LogP contribution in [0.3, 0.4) is 0 Å². The second-order valence-electron chi connectivity index (χ2n) is 9.45. The van der Waals surface area contributed by atoms with Crippen LogP contribution in [-0.4, -0.2) is 18.1 Å². The Balaban J connectivity index is 1.47. The molecule has 1 aliphatic rings. The standard InChI is InChI=1S/C31H29FN2O2/c1-3-5-16-34(17-6-4-2)22-14-15-23-25-19-26-30(36-31(33-26)20-10-12-21(32)13-11-20)24-8-7-9-27(29(24)25)35-28(23)18-22/h7-15,18-19H,3-6,16-17H2,1-2H3. The number of rotatable bonds is 8. The van der Waals surface area contributed by atoms with Crippen molar-refractivity contribution in [3.05, 3.63) is 72.5 Å². The minimum atomic E-state index is -0.283. The molecule has 0 atom stereocenters. The van der Waals surface area contributed by atoms with Crippen molar-refractivity contribution in [3.8, 4) is 34.1 Å². The van der Waals surface area contributed by atoms with Crippen LogP contribution in [0.15, 0.2) is 71.1 Å². The molecule has 0 N–H and O–H groups in total. The zero-order chi connectivity index (χ0) is 24.6. The quantitative estimate of drug-likeness (QED) is 0.218. The van der Waals surface area contributed by atoms with Gasteiger partial charge in [-0.05, 0) is 66.9 Å². The predicted molar refractivity (Wildman–Crippen MR) is 144 cm³/mol. The van der Waals surface area contributed by atoms with Gasteiger partial charge in [-0.1, -0.05) is 38.8 Å². The molecule has 4 nitrogen and oxygen atoms in total. The van der Waals surface area contributed by atoms with Crippen LogP contribution in [0.25, 0.3) is 44.5 Å². The Morgan fingerprint density at radius 3 is 2.36 bits per heavy atom. The largest absolute Gasteiger partial charge is 0.456 e. The van der Waals surface area contributed by atoms with Gasteiger partial charge in [-0.2, -0.15) is 0 Å². The number of fused-ring (bicyclic) bond motifs is 4. The fraction of sp³-hybridized carbons (Fsp3) is 0.258. The summed E-state index contributed by atoms with van der Waals surface area (Å²) in [6, 6.07) is 20.9. The van der Waals surface area contributed by atoms with Crippen molar-refractivity contribution in [3.63, 3.8) is 0 Å². The lowest BCUT2D eigenvalue weighted by Gasteiger charge is -2.27. The van der Waals surface area contributed by atoms with E-state index in [9.17, 15) is 4.39 Å². The molecule has 0 bridgehead atoms. The number of nitrogens with zero attached hydrogens (tertiary/aromatic N) is 2. The first-order valence-electron chi connectivity index (χ1n) is 12.9. The van der Waals surface area contributed by atoms with Crippen molar-refractivity contribution in [1.82, 2.24) is 4.98 Å².